The van der Waals surface area contributed by atoms with Crippen LogP contribution in [0.3, 0.4) is 0 Å². The first-order valence-corrected chi connectivity index (χ1v) is 11.2. The van der Waals surface area contributed by atoms with E-state index in [1.165, 1.54) is 32.1 Å². The summed E-state index contributed by atoms with van der Waals surface area (Å²) in [6.45, 7) is 8.85. The highest BCUT2D eigenvalue weighted by Gasteiger charge is 2.69. The maximum Gasteiger partial charge on any atom is 0.201 e. The molecule has 0 unspecified atom stereocenters. The Morgan fingerprint density at radius 3 is 2.67 bits per heavy atom. The molecule has 8 atom stereocenters. The van der Waals surface area contributed by atoms with Crippen LogP contribution in [0, 0.1) is 35.5 Å². The van der Waals surface area contributed by atoms with Crippen LogP contribution >= 0.6 is 0 Å². The summed E-state index contributed by atoms with van der Waals surface area (Å²) in [4.78, 5) is 12.0. The summed E-state index contributed by atoms with van der Waals surface area (Å²) in [5, 5.41) is 0. The van der Waals surface area contributed by atoms with Gasteiger partial charge in [-0.05, 0) is 50.4 Å². The third-order valence-corrected chi connectivity index (χ3v) is 7.56. The molecular weight excluding hydrogens is 340 g/mol. The lowest BCUT2D eigenvalue weighted by Gasteiger charge is -2.59. The molecule has 0 aromatic carbocycles. The quantitative estimate of drug-likeness (QED) is 0.383. The largest absolute Gasteiger partial charge is 0.333 e. The Kier molecular flexibility index (Phi) is 5.60. The fourth-order valence-electron chi connectivity index (χ4n) is 5.88. The van der Waals surface area contributed by atoms with Crippen LogP contribution in [-0.2, 0) is 19.2 Å². The monoisotopic (exact) mass is 376 g/mol. The zero-order valence-corrected chi connectivity index (χ0v) is 17.5. The summed E-state index contributed by atoms with van der Waals surface area (Å²) < 4.78 is 12.9. The minimum absolute atomic E-state index is 0.0718. The van der Waals surface area contributed by atoms with Gasteiger partial charge in [-0.2, -0.15) is 0 Å². The Bertz CT molecular complexity index is 595. The van der Waals surface area contributed by atoms with Crippen molar-refractivity contribution in [2.24, 2.45) is 23.7 Å². The van der Waals surface area contributed by atoms with Crippen LogP contribution in [-0.4, -0.2) is 23.8 Å². The van der Waals surface area contributed by atoms with Crippen LogP contribution < -0.4 is 0 Å². The molecule has 152 valence electrons. The van der Waals surface area contributed by atoms with Gasteiger partial charge < -0.3 is 9.47 Å². The molecule has 4 heteroatoms. The van der Waals surface area contributed by atoms with Crippen LogP contribution in [0.25, 0.3) is 0 Å². The topological polar surface area (TPSA) is 36.9 Å². The molecule has 0 amide bonds. The minimum atomic E-state index is -0.698. The van der Waals surface area contributed by atoms with Gasteiger partial charge in [0, 0.05) is 18.8 Å². The zero-order valence-electron chi connectivity index (χ0n) is 17.5. The van der Waals surface area contributed by atoms with E-state index in [0.29, 0.717) is 23.7 Å². The second-order valence-corrected chi connectivity index (χ2v) is 9.46. The third kappa shape index (κ3) is 3.35. The molecule has 4 nitrogen and oxygen atoms in total. The summed E-state index contributed by atoms with van der Waals surface area (Å²) in [6.07, 6.45) is 9.86. The number of fused-ring (bicyclic) bond motifs is 2. The maximum absolute atomic E-state index is 6.48. The predicted molar refractivity (Wildman–Crippen MR) is 103 cm³/mol. The lowest BCUT2D eigenvalue weighted by Crippen LogP contribution is -2.70. The molecule has 4 aliphatic heterocycles. The van der Waals surface area contributed by atoms with Gasteiger partial charge in [-0.3, -0.25) is 0 Å². The molecule has 1 saturated carbocycles. The van der Waals surface area contributed by atoms with Gasteiger partial charge in [0.1, 0.15) is 6.10 Å². The van der Waals surface area contributed by atoms with E-state index in [2.05, 4.69) is 32.6 Å². The molecule has 0 aromatic rings. The Balaban J connectivity index is 1.54. The fourth-order valence-corrected chi connectivity index (χ4v) is 5.88. The number of hydrogen-bond acceptors (Lipinski definition) is 4. The highest BCUT2D eigenvalue weighted by molar-refractivity contribution is 5.16. The average Bonchev–Trinajstić information content (AvgIpc) is 2.88. The molecule has 0 radical (unpaired) electrons. The van der Waals surface area contributed by atoms with E-state index in [9.17, 15) is 0 Å². The van der Waals surface area contributed by atoms with Crippen molar-refractivity contribution in [1.29, 1.82) is 0 Å². The molecule has 27 heavy (non-hydrogen) atoms. The van der Waals surface area contributed by atoms with Crippen molar-refractivity contribution in [3.8, 4) is 11.8 Å². The van der Waals surface area contributed by atoms with Gasteiger partial charge in [0.05, 0.1) is 0 Å². The Morgan fingerprint density at radius 1 is 1.00 bits per heavy atom. The Hall–Kier alpha value is -0.600. The second kappa shape index (κ2) is 7.67. The first kappa shape index (κ1) is 19.7. The third-order valence-electron chi connectivity index (χ3n) is 7.56. The molecule has 4 saturated heterocycles. The molecule has 1 aliphatic carbocycles. The molecule has 1 spiro atoms. The van der Waals surface area contributed by atoms with Gasteiger partial charge in [-0.25, -0.2) is 9.78 Å². The van der Waals surface area contributed by atoms with Crippen molar-refractivity contribution < 1.29 is 19.2 Å². The summed E-state index contributed by atoms with van der Waals surface area (Å²) in [7, 11) is 0. The van der Waals surface area contributed by atoms with E-state index in [1.807, 2.05) is 6.92 Å². The molecular formula is C23H36O4. The first-order valence-electron chi connectivity index (χ1n) is 11.2. The summed E-state index contributed by atoms with van der Waals surface area (Å²) in [5.74, 6) is 7.86. The van der Waals surface area contributed by atoms with E-state index in [0.717, 1.165) is 25.7 Å². The van der Waals surface area contributed by atoms with E-state index < -0.39 is 11.4 Å². The SMILES string of the molecule is CCCCCCC#C[C@H]1O[C@@H]2O[C@@]3(C)CC[C@H]4[C@H](C)CC[C@@H]([C@H]1C)[C@@]24OO3. The van der Waals surface area contributed by atoms with Gasteiger partial charge in [-0.1, -0.05) is 46.0 Å². The summed E-state index contributed by atoms with van der Waals surface area (Å²) >= 11 is 0. The fraction of sp³-hybridized carbons (Fsp3) is 0.913. The predicted octanol–water partition coefficient (Wildman–Crippen LogP) is 5.21. The van der Waals surface area contributed by atoms with E-state index in [-0.39, 0.29) is 12.4 Å². The van der Waals surface area contributed by atoms with Gasteiger partial charge in [0.25, 0.3) is 0 Å². The smallest absolute Gasteiger partial charge is 0.201 e. The minimum Gasteiger partial charge on any atom is -0.333 e. The number of hydrogen-bond donors (Lipinski definition) is 0. The molecule has 0 N–H and O–H groups in total. The van der Waals surface area contributed by atoms with Crippen LogP contribution in [0.2, 0.25) is 0 Å². The molecule has 5 rings (SSSR count). The highest BCUT2D eigenvalue weighted by Crippen LogP contribution is 2.60. The van der Waals surface area contributed by atoms with Crippen molar-refractivity contribution >= 4 is 0 Å². The highest BCUT2D eigenvalue weighted by atomic mass is 17.3. The van der Waals surface area contributed by atoms with Crippen LogP contribution in [0.15, 0.2) is 0 Å². The van der Waals surface area contributed by atoms with E-state index in [1.54, 1.807) is 0 Å². The molecule has 4 heterocycles. The molecule has 2 bridgehead atoms. The number of ether oxygens (including phenoxy) is 2. The lowest BCUT2D eigenvalue weighted by molar-refractivity contribution is -0.569. The van der Waals surface area contributed by atoms with E-state index >= 15 is 0 Å². The van der Waals surface area contributed by atoms with Crippen LogP contribution in [0.1, 0.15) is 85.5 Å². The van der Waals surface area contributed by atoms with Crippen molar-refractivity contribution in [1.82, 2.24) is 0 Å². The molecule has 0 aromatic heterocycles. The van der Waals surface area contributed by atoms with Gasteiger partial charge in [-0.15, -0.1) is 5.92 Å². The zero-order chi connectivity index (χ0) is 19.1. The van der Waals surface area contributed by atoms with Gasteiger partial charge in [0.15, 0.2) is 11.9 Å². The van der Waals surface area contributed by atoms with Crippen molar-refractivity contribution in [2.75, 3.05) is 0 Å². The average molecular weight is 377 g/mol. The van der Waals surface area contributed by atoms with E-state index in [4.69, 9.17) is 19.2 Å². The Labute approximate surface area is 164 Å². The van der Waals surface area contributed by atoms with Crippen molar-refractivity contribution in [2.45, 2.75) is 109 Å². The Morgan fingerprint density at radius 2 is 1.85 bits per heavy atom. The molecule has 5 fully saturated rings. The normalized spacial score (nSPS) is 48.3. The van der Waals surface area contributed by atoms with Crippen LogP contribution in [0.5, 0.6) is 0 Å². The molecule has 5 aliphatic rings. The van der Waals surface area contributed by atoms with Crippen LogP contribution in [0.4, 0.5) is 0 Å². The van der Waals surface area contributed by atoms with Crippen molar-refractivity contribution in [3.05, 3.63) is 0 Å². The van der Waals surface area contributed by atoms with Gasteiger partial charge in [0.2, 0.25) is 5.79 Å². The standard InChI is InChI=1S/C23H36O4/c1-5-6-7-8-9-10-11-20-17(3)19-13-12-16(2)18-14-15-22(4)25-21(24-20)23(18,19)27-26-22/h16-21H,5-9,12-15H2,1-4H3/t16-,17-,18+,19+,20-,21-,22-,23-/m1/s1. The maximum atomic E-state index is 6.48. The summed E-state index contributed by atoms with van der Waals surface area (Å²) in [5.41, 5.74) is -0.466. The lowest BCUT2D eigenvalue weighted by atomic mass is 9.57. The number of rotatable bonds is 4. The summed E-state index contributed by atoms with van der Waals surface area (Å²) in [6, 6.07) is 0. The number of unbranched alkanes of at least 4 members (excludes halogenated alkanes) is 4. The first-order chi connectivity index (χ1) is 13.0. The van der Waals surface area contributed by atoms with Gasteiger partial charge >= 0.3 is 0 Å². The second-order valence-electron chi connectivity index (χ2n) is 9.46. The van der Waals surface area contributed by atoms with Crippen molar-refractivity contribution in [3.63, 3.8) is 0 Å².